The summed E-state index contributed by atoms with van der Waals surface area (Å²) in [6.07, 6.45) is 0. The zero-order valence-corrected chi connectivity index (χ0v) is 22.9. The van der Waals surface area contributed by atoms with Gasteiger partial charge in [-0.2, -0.15) is 0 Å². The molecule has 2 N–H and O–H groups in total. The topological polar surface area (TPSA) is 129 Å². The molecule has 3 rings (SSSR count). The molecule has 0 aliphatic heterocycles. The van der Waals surface area contributed by atoms with E-state index in [0.29, 0.717) is 11.4 Å². The van der Waals surface area contributed by atoms with Crippen molar-refractivity contribution in [2.24, 2.45) is 0 Å². The molecule has 0 unspecified atom stereocenters. The third-order valence-electron chi connectivity index (χ3n) is 5.53. The van der Waals surface area contributed by atoms with E-state index in [-0.39, 0.29) is 60.1 Å². The first kappa shape index (κ1) is 29.7. The fourth-order valence-corrected chi connectivity index (χ4v) is 3.81. The maximum atomic E-state index is 13.1. The van der Waals surface area contributed by atoms with Gasteiger partial charge in [-0.05, 0) is 64.1 Å². The first-order valence-electron chi connectivity index (χ1n) is 12.9. The smallest absolute Gasteiger partial charge is 0.340 e. The highest BCUT2D eigenvalue weighted by Crippen LogP contribution is 2.33. The predicted octanol–water partition coefficient (Wildman–Crippen LogP) is 5.88. The highest BCUT2D eigenvalue weighted by atomic mass is 16.5. The van der Waals surface area contributed by atoms with Crippen LogP contribution < -0.4 is 10.6 Å². The number of nitrogens with one attached hydrogen (secondary N) is 2. The van der Waals surface area contributed by atoms with Crippen LogP contribution in [0.5, 0.6) is 0 Å². The van der Waals surface area contributed by atoms with Crippen LogP contribution in [0.15, 0.2) is 60.7 Å². The average Bonchev–Trinajstić information content (AvgIpc) is 2.94. The number of esters is 4. The maximum Gasteiger partial charge on any atom is 0.340 e. The number of anilines is 4. The summed E-state index contributed by atoms with van der Waals surface area (Å²) in [5.41, 5.74) is 1.73. The predicted molar refractivity (Wildman–Crippen MR) is 150 cm³/mol. The highest BCUT2D eigenvalue weighted by molar-refractivity contribution is 6.06. The third-order valence-corrected chi connectivity index (χ3v) is 5.53. The minimum Gasteiger partial charge on any atom is -0.462 e. The number of para-hydroxylation sites is 2. The first-order chi connectivity index (χ1) is 19.3. The normalized spacial score (nSPS) is 10.3. The van der Waals surface area contributed by atoms with E-state index in [2.05, 4.69) is 10.6 Å². The summed E-state index contributed by atoms with van der Waals surface area (Å²) in [5, 5.41) is 6.17. The minimum atomic E-state index is -0.671. The van der Waals surface area contributed by atoms with E-state index < -0.39 is 23.9 Å². The van der Waals surface area contributed by atoms with Crippen molar-refractivity contribution in [2.75, 3.05) is 37.1 Å². The lowest BCUT2D eigenvalue weighted by Gasteiger charge is -2.19. The molecular weight excluding hydrogens is 516 g/mol. The number of hydrogen-bond acceptors (Lipinski definition) is 10. The molecule has 0 saturated carbocycles. The van der Waals surface area contributed by atoms with Crippen LogP contribution >= 0.6 is 0 Å². The van der Waals surface area contributed by atoms with Gasteiger partial charge in [-0.15, -0.1) is 0 Å². The summed E-state index contributed by atoms with van der Waals surface area (Å²) < 4.78 is 20.9. The molecule has 0 spiro atoms. The second-order valence-electron chi connectivity index (χ2n) is 8.17. The van der Waals surface area contributed by atoms with Gasteiger partial charge in [-0.1, -0.05) is 24.3 Å². The molecule has 0 fully saturated rings. The Hall–Kier alpha value is -4.86. The molecule has 0 saturated heterocycles. The van der Waals surface area contributed by atoms with E-state index in [9.17, 15) is 19.2 Å². The summed E-state index contributed by atoms with van der Waals surface area (Å²) in [7, 11) is 0. The molecule has 3 aromatic carbocycles. The van der Waals surface area contributed by atoms with Crippen LogP contribution in [0.25, 0.3) is 0 Å². The molecule has 10 heteroatoms. The Morgan fingerprint density at radius 3 is 1.10 bits per heavy atom. The number of rotatable bonds is 12. The second kappa shape index (κ2) is 14.3. The Kier molecular flexibility index (Phi) is 10.6. The van der Waals surface area contributed by atoms with Gasteiger partial charge in [-0.25, -0.2) is 19.2 Å². The molecule has 0 radical (unpaired) electrons. The largest absolute Gasteiger partial charge is 0.462 e. The van der Waals surface area contributed by atoms with Crippen molar-refractivity contribution in [1.82, 2.24) is 0 Å². The number of hydrogen-bond donors (Lipinski definition) is 2. The van der Waals surface area contributed by atoms with Crippen molar-refractivity contribution in [3.8, 4) is 0 Å². The van der Waals surface area contributed by atoms with Crippen LogP contribution in [0.1, 0.15) is 69.1 Å². The molecule has 0 bridgehead atoms. The molecule has 0 heterocycles. The maximum absolute atomic E-state index is 13.1. The van der Waals surface area contributed by atoms with Gasteiger partial charge in [0, 0.05) is 0 Å². The van der Waals surface area contributed by atoms with E-state index in [1.54, 1.807) is 76.2 Å². The van der Waals surface area contributed by atoms with Crippen LogP contribution in [-0.4, -0.2) is 50.3 Å². The molecule has 0 amide bonds. The third kappa shape index (κ3) is 7.16. The van der Waals surface area contributed by atoms with Crippen molar-refractivity contribution >= 4 is 46.6 Å². The lowest BCUT2D eigenvalue weighted by atomic mass is 10.0. The minimum absolute atomic E-state index is 0.0738. The van der Waals surface area contributed by atoms with Crippen molar-refractivity contribution < 1.29 is 38.1 Å². The Morgan fingerprint density at radius 1 is 0.475 bits per heavy atom. The van der Waals surface area contributed by atoms with Crippen LogP contribution in [0.2, 0.25) is 0 Å². The molecule has 0 atom stereocenters. The SMILES string of the molecule is CCOC(=O)c1ccccc1Nc1cc(C(=O)OCC)c(Nc2ccccc2C(=O)OCC)cc1C(=O)OCC. The van der Waals surface area contributed by atoms with Gasteiger partial charge >= 0.3 is 23.9 Å². The number of carbonyl (C=O) groups excluding carboxylic acids is 4. The van der Waals surface area contributed by atoms with Gasteiger partial charge < -0.3 is 29.6 Å². The fraction of sp³-hybridized carbons (Fsp3) is 0.267. The van der Waals surface area contributed by atoms with Gasteiger partial charge in [-0.3, -0.25) is 0 Å². The molecule has 10 nitrogen and oxygen atoms in total. The summed E-state index contributed by atoms with van der Waals surface area (Å²) in [4.78, 5) is 51.3. The molecule has 0 aliphatic carbocycles. The van der Waals surface area contributed by atoms with Crippen molar-refractivity contribution in [3.63, 3.8) is 0 Å². The van der Waals surface area contributed by atoms with Gasteiger partial charge in [0.15, 0.2) is 0 Å². The number of carbonyl (C=O) groups is 4. The van der Waals surface area contributed by atoms with Crippen molar-refractivity contribution in [1.29, 1.82) is 0 Å². The molecule has 40 heavy (non-hydrogen) atoms. The Morgan fingerprint density at radius 2 is 0.775 bits per heavy atom. The summed E-state index contributed by atoms with van der Waals surface area (Å²) in [6, 6.07) is 16.1. The average molecular weight is 549 g/mol. The number of ether oxygens (including phenoxy) is 4. The molecule has 0 aliphatic rings. The Labute approximate surface area is 232 Å². The van der Waals surface area contributed by atoms with Gasteiger partial charge in [0.25, 0.3) is 0 Å². The second-order valence-corrected chi connectivity index (χ2v) is 8.17. The highest BCUT2D eigenvalue weighted by Gasteiger charge is 2.24. The van der Waals surface area contributed by atoms with Crippen molar-refractivity contribution in [3.05, 3.63) is 82.9 Å². The van der Waals surface area contributed by atoms with Crippen molar-refractivity contribution in [2.45, 2.75) is 27.7 Å². The molecular formula is C30H32N2O8. The van der Waals surface area contributed by atoms with E-state index in [1.165, 1.54) is 12.1 Å². The lowest BCUT2D eigenvalue weighted by Crippen LogP contribution is -2.15. The van der Waals surface area contributed by atoms with E-state index in [0.717, 1.165) is 0 Å². The molecule has 3 aromatic rings. The van der Waals surface area contributed by atoms with E-state index >= 15 is 0 Å². The quantitative estimate of drug-likeness (QED) is 0.209. The monoisotopic (exact) mass is 548 g/mol. The summed E-state index contributed by atoms with van der Waals surface area (Å²) in [5.74, 6) is -2.45. The fourth-order valence-electron chi connectivity index (χ4n) is 3.81. The van der Waals surface area contributed by atoms with E-state index in [1.807, 2.05) is 0 Å². The molecule has 0 aromatic heterocycles. The number of benzene rings is 3. The van der Waals surface area contributed by atoms with Gasteiger partial charge in [0.05, 0.1) is 71.4 Å². The van der Waals surface area contributed by atoms with Crippen LogP contribution in [-0.2, 0) is 18.9 Å². The van der Waals surface area contributed by atoms with Gasteiger partial charge in [0.2, 0.25) is 0 Å². The standard InChI is InChI=1S/C30H32N2O8/c1-5-37-27(33)19-13-9-11-15-23(19)31-25-17-22(30(36)40-8-4)26(18-21(25)29(35)39-7-3)32-24-16-12-10-14-20(24)28(34)38-6-2/h9-18,31-32H,5-8H2,1-4H3. The summed E-state index contributed by atoms with van der Waals surface area (Å²) in [6.45, 7) is 7.31. The zero-order valence-electron chi connectivity index (χ0n) is 22.9. The molecule has 210 valence electrons. The Balaban J connectivity index is 2.18. The first-order valence-corrected chi connectivity index (χ1v) is 12.9. The van der Waals surface area contributed by atoms with Gasteiger partial charge in [0.1, 0.15) is 0 Å². The van der Waals surface area contributed by atoms with Crippen LogP contribution in [0, 0.1) is 0 Å². The summed E-state index contributed by atoms with van der Waals surface area (Å²) >= 11 is 0. The zero-order chi connectivity index (χ0) is 29.1. The Bertz CT molecular complexity index is 1280. The van der Waals surface area contributed by atoms with Crippen LogP contribution in [0.4, 0.5) is 22.7 Å². The lowest BCUT2D eigenvalue weighted by molar-refractivity contribution is 0.0513. The van der Waals surface area contributed by atoms with E-state index in [4.69, 9.17) is 18.9 Å². The van der Waals surface area contributed by atoms with Crippen LogP contribution in [0.3, 0.4) is 0 Å².